The number of aryl methyl sites for hydroxylation is 3. The summed E-state index contributed by atoms with van der Waals surface area (Å²) in [6.07, 6.45) is 0. The third-order valence-corrected chi connectivity index (χ3v) is 8.63. The summed E-state index contributed by atoms with van der Waals surface area (Å²) in [5, 5.41) is 0. The first-order chi connectivity index (χ1) is 19.2. The molecular formula is C37H35BN2. The minimum absolute atomic E-state index is 0.0626. The number of para-hydroxylation sites is 2. The van der Waals surface area contributed by atoms with Gasteiger partial charge in [0.2, 0.25) is 0 Å². The van der Waals surface area contributed by atoms with Gasteiger partial charge in [0.15, 0.2) is 0 Å². The van der Waals surface area contributed by atoms with Crippen molar-refractivity contribution in [1.82, 2.24) is 0 Å². The molecule has 0 aromatic heterocycles. The molecule has 40 heavy (non-hydrogen) atoms. The van der Waals surface area contributed by atoms with Gasteiger partial charge in [-0.1, -0.05) is 93.1 Å². The number of hydrogen-bond donors (Lipinski definition) is 0. The zero-order chi connectivity index (χ0) is 27.8. The fourth-order valence-electron chi connectivity index (χ4n) is 6.96. The van der Waals surface area contributed by atoms with Crippen molar-refractivity contribution >= 4 is 46.2 Å². The zero-order valence-electron chi connectivity index (χ0n) is 24.3. The maximum absolute atomic E-state index is 2.57. The van der Waals surface area contributed by atoms with Crippen molar-refractivity contribution in [3.63, 3.8) is 0 Å². The van der Waals surface area contributed by atoms with Crippen LogP contribution in [0.4, 0.5) is 28.4 Å². The summed E-state index contributed by atoms with van der Waals surface area (Å²) in [6.45, 7) is 13.7. The number of fused-ring (bicyclic) bond motifs is 4. The first-order valence-corrected chi connectivity index (χ1v) is 14.3. The molecule has 0 bridgehead atoms. The van der Waals surface area contributed by atoms with E-state index in [0.29, 0.717) is 0 Å². The van der Waals surface area contributed by atoms with Gasteiger partial charge in [-0.3, -0.25) is 0 Å². The number of benzene rings is 5. The van der Waals surface area contributed by atoms with Crippen molar-refractivity contribution in [2.75, 3.05) is 9.71 Å². The summed E-state index contributed by atoms with van der Waals surface area (Å²) >= 11 is 0. The summed E-state index contributed by atoms with van der Waals surface area (Å²) in [5.74, 6) is 0. The van der Waals surface area contributed by atoms with Gasteiger partial charge in [-0.25, -0.2) is 0 Å². The molecule has 5 aromatic rings. The second-order valence-corrected chi connectivity index (χ2v) is 12.5. The van der Waals surface area contributed by atoms with Gasteiger partial charge in [0.1, 0.15) is 0 Å². The second-order valence-electron chi connectivity index (χ2n) is 12.5. The smallest absolute Gasteiger partial charge is 0.333 e. The van der Waals surface area contributed by atoms with Gasteiger partial charge in [0.25, 0.3) is 0 Å². The molecule has 0 radical (unpaired) electrons. The first-order valence-electron chi connectivity index (χ1n) is 14.3. The van der Waals surface area contributed by atoms with E-state index in [1.54, 1.807) is 0 Å². The largest absolute Gasteiger partial charge is 0.376 e. The Morgan fingerprint density at radius 1 is 0.600 bits per heavy atom. The molecule has 0 spiro atoms. The van der Waals surface area contributed by atoms with E-state index in [9.17, 15) is 0 Å². The molecule has 0 atom stereocenters. The van der Waals surface area contributed by atoms with Gasteiger partial charge >= 0.3 is 6.85 Å². The molecule has 0 amide bonds. The van der Waals surface area contributed by atoms with Crippen molar-refractivity contribution in [1.29, 1.82) is 0 Å². The molecule has 0 aliphatic carbocycles. The van der Waals surface area contributed by atoms with Crippen LogP contribution in [0.5, 0.6) is 0 Å². The molecule has 2 aliphatic heterocycles. The van der Waals surface area contributed by atoms with Crippen LogP contribution in [0.2, 0.25) is 0 Å². The molecule has 0 unspecified atom stereocenters. The average Bonchev–Trinajstić information content (AvgIpc) is 2.93. The first kappa shape index (κ1) is 24.8. The van der Waals surface area contributed by atoms with Crippen molar-refractivity contribution in [2.24, 2.45) is 0 Å². The highest BCUT2D eigenvalue weighted by Gasteiger charge is 2.45. The molecule has 196 valence electrons. The third-order valence-electron chi connectivity index (χ3n) is 8.63. The van der Waals surface area contributed by atoms with E-state index in [1.807, 2.05) is 0 Å². The molecule has 0 saturated carbocycles. The maximum Gasteiger partial charge on any atom is 0.333 e. The molecule has 2 heterocycles. The van der Waals surface area contributed by atoms with Crippen LogP contribution < -0.4 is 20.6 Å². The molecule has 5 aromatic carbocycles. The van der Waals surface area contributed by atoms with Gasteiger partial charge < -0.3 is 9.71 Å². The van der Waals surface area contributed by atoms with Crippen molar-refractivity contribution in [2.45, 2.75) is 47.0 Å². The van der Waals surface area contributed by atoms with Gasteiger partial charge in [-0.2, -0.15) is 0 Å². The summed E-state index contributed by atoms with van der Waals surface area (Å²) in [6, 6.07) is 38.5. The van der Waals surface area contributed by atoms with Crippen molar-refractivity contribution < 1.29 is 0 Å². The van der Waals surface area contributed by atoms with Crippen molar-refractivity contribution in [3.05, 3.63) is 125 Å². The van der Waals surface area contributed by atoms with E-state index in [4.69, 9.17) is 0 Å². The highest BCUT2D eigenvalue weighted by molar-refractivity contribution is 6.93. The van der Waals surface area contributed by atoms with Crippen LogP contribution in [0.25, 0.3) is 11.1 Å². The predicted octanol–water partition coefficient (Wildman–Crippen LogP) is 8.62. The van der Waals surface area contributed by atoms with Crippen LogP contribution >= 0.6 is 0 Å². The maximum atomic E-state index is 2.57. The Bertz CT molecular complexity index is 1760. The third kappa shape index (κ3) is 3.64. The van der Waals surface area contributed by atoms with Crippen LogP contribution in [-0.4, -0.2) is 6.85 Å². The Balaban J connectivity index is 1.59. The van der Waals surface area contributed by atoms with Crippen LogP contribution in [0.1, 0.15) is 43.0 Å². The Hall–Kier alpha value is -4.24. The monoisotopic (exact) mass is 518 g/mol. The lowest BCUT2D eigenvalue weighted by Crippen LogP contribution is -2.61. The van der Waals surface area contributed by atoms with E-state index in [0.717, 1.165) is 0 Å². The molecule has 0 fully saturated rings. The van der Waals surface area contributed by atoms with Crippen LogP contribution in [0.15, 0.2) is 103 Å². The Morgan fingerprint density at radius 2 is 1.27 bits per heavy atom. The zero-order valence-corrected chi connectivity index (χ0v) is 24.3. The number of anilines is 5. The van der Waals surface area contributed by atoms with Crippen LogP contribution in [0, 0.1) is 20.8 Å². The topological polar surface area (TPSA) is 6.48 Å². The molecule has 7 rings (SSSR count). The van der Waals surface area contributed by atoms with E-state index in [2.05, 4.69) is 154 Å². The van der Waals surface area contributed by atoms with Crippen molar-refractivity contribution in [3.8, 4) is 11.1 Å². The SMILES string of the molecule is Cc1cc(C)c(N2c3ccccc3B3c4c(cccc42)-c2cc(C(C)(C)C)ccc2N3c2ccccc2)c(C)c1. The highest BCUT2D eigenvalue weighted by atomic mass is 15.2. The van der Waals surface area contributed by atoms with Gasteiger partial charge in [-0.05, 0) is 95.8 Å². The minimum atomic E-state index is 0.0626. The number of hydrogen-bond acceptors (Lipinski definition) is 2. The highest BCUT2D eigenvalue weighted by Crippen LogP contribution is 2.48. The lowest BCUT2D eigenvalue weighted by molar-refractivity contribution is 0.590. The molecule has 0 saturated heterocycles. The Kier molecular flexibility index (Phi) is 5.51. The minimum Gasteiger partial charge on any atom is -0.376 e. The van der Waals surface area contributed by atoms with Gasteiger partial charge in [-0.15, -0.1) is 0 Å². The fraction of sp³-hybridized carbons (Fsp3) is 0.189. The quantitative estimate of drug-likeness (QED) is 0.216. The predicted molar refractivity (Wildman–Crippen MR) is 173 cm³/mol. The van der Waals surface area contributed by atoms with E-state index in [-0.39, 0.29) is 12.3 Å². The molecule has 0 N–H and O–H groups in total. The van der Waals surface area contributed by atoms with E-state index < -0.39 is 0 Å². The van der Waals surface area contributed by atoms with Crippen LogP contribution in [0.3, 0.4) is 0 Å². The summed E-state index contributed by atoms with van der Waals surface area (Å²) in [5.41, 5.74) is 16.9. The summed E-state index contributed by atoms with van der Waals surface area (Å²) < 4.78 is 0. The normalized spacial score (nSPS) is 13.6. The second kappa shape index (κ2) is 8.89. The molecule has 3 heteroatoms. The number of rotatable bonds is 2. The fourth-order valence-corrected chi connectivity index (χ4v) is 6.96. The Labute approximate surface area is 239 Å². The lowest BCUT2D eigenvalue weighted by Gasteiger charge is -2.46. The summed E-state index contributed by atoms with van der Waals surface area (Å²) in [4.78, 5) is 5.09. The number of nitrogens with zero attached hydrogens (tertiary/aromatic N) is 2. The molecule has 2 nitrogen and oxygen atoms in total. The van der Waals surface area contributed by atoms with Gasteiger partial charge in [0.05, 0.1) is 5.69 Å². The Morgan fingerprint density at radius 3 is 2.00 bits per heavy atom. The standard InChI is InChI=1S/C37H35BN2/c1-24-21-25(2)36(26(3)22-24)39-33-17-11-10-16-31(33)38-35-29(15-12-18-34(35)39)30-23-27(37(4,5)6)19-20-32(30)40(38)28-13-8-7-9-14-28/h7-23H,1-6H3. The average molecular weight is 519 g/mol. The van der Waals surface area contributed by atoms with E-state index in [1.165, 1.54) is 72.7 Å². The van der Waals surface area contributed by atoms with E-state index >= 15 is 0 Å². The summed E-state index contributed by atoms with van der Waals surface area (Å²) in [7, 11) is 0. The molecular weight excluding hydrogens is 483 g/mol. The lowest BCUT2D eigenvalue weighted by atomic mass is 9.43. The van der Waals surface area contributed by atoms with Gasteiger partial charge in [0, 0.05) is 28.3 Å². The molecule has 2 aliphatic rings. The van der Waals surface area contributed by atoms with Crippen LogP contribution in [-0.2, 0) is 5.41 Å².